The molecule has 3 heteroatoms. The molecule has 1 heterocycles. The molecule has 1 N–H and O–H groups in total. The summed E-state index contributed by atoms with van der Waals surface area (Å²) >= 11 is 0. The molecule has 0 radical (unpaired) electrons. The predicted octanol–water partition coefficient (Wildman–Crippen LogP) is 5.32. The molecule has 0 aliphatic carbocycles. The summed E-state index contributed by atoms with van der Waals surface area (Å²) in [5.41, 5.74) is 3.00. The van der Waals surface area contributed by atoms with Gasteiger partial charge in [-0.05, 0) is 49.6 Å². The Morgan fingerprint density at radius 2 is 1.75 bits per heavy atom. The monoisotopic (exact) mass is 320 g/mol. The van der Waals surface area contributed by atoms with Gasteiger partial charge in [0.15, 0.2) is 5.82 Å². The van der Waals surface area contributed by atoms with Crippen molar-refractivity contribution in [3.05, 3.63) is 84.3 Å². The largest absolute Gasteiger partial charge is 0.380 e. The molecule has 2 aromatic carbocycles. The normalized spacial score (nSPS) is 11.9. The summed E-state index contributed by atoms with van der Waals surface area (Å²) < 4.78 is 14.8. The third-order valence-electron chi connectivity index (χ3n) is 4.05. The molecule has 1 aromatic heterocycles. The number of hydrogen-bond donors (Lipinski definition) is 1. The number of rotatable bonds is 6. The fourth-order valence-electron chi connectivity index (χ4n) is 2.73. The van der Waals surface area contributed by atoms with E-state index in [0.717, 1.165) is 12.8 Å². The van der Waals surface area contributed by atoms with Gasteiger partial charge in [0.1, 0.15) is 0 Å². The van der Waals surface area contributed by atoms with E-state index in [1.54, 1.807) is 18.3 Å². The summed E-state index contributed by atoms with van der Waals surface area (Å²) in [4.78, 5) is 4.24. The van der Waals surface area contributed by atoms with Gasteiger partial charge in [-0.2, -0.15) is 0 Å². The highest BCUT2D eigenvalue weighted by molar-refractivity contribution is 5.66. The van der Waals surface area contributed by atoms with Crippen LogP contribution in [0.15, 0.2) is 72.9 Å². The number of benzene rings is 2. The van der Waals surface area contributed by atoms with E-state index in [2.05, 4.69) is 29.4 Å². The molecule has 0 aliphatic heterocycles. The van der Waals surface area contributed by atoms with Crippen molar-refractivity contribution in [1.29, 1.82) is 0 Å². The van der Waals surface area contributed by atoms with Crippen LogP contribution in [-0.2, 0) is 6.42 Å². The van der Waals surface area contributed by atoms with E-state index in [1.165, 1.54) is 5.56 Å². The molecule has 2 nitrogen and oxygen atoms in total. The number of halogens is 1. The minimum absolute atomic E-state index is 0.179. The van der Waals surface area contributed by atoms with Crippen molar-refractivity contribution in [2.24, 2.45) is 0 Å². The van der Waals surface area contributed by atoms with Crippen molar-refractivity contribution < 1.29 is 4.39 Å². The first-order valence-electron chi connectivity index (χ1n) is 8.24. The Balaban J connectivity index is 1.69. The molecule has 0 fully saturated rings. The number of pyridine rings is 1. The smallest absolute Gasteiger partial charge is 0.155 e. The Bertz CT molecular complexity index is 772. The Labute approximate surface area is 142 Å². The van der Waals surface area contributed by atoms with Gasteiger partial charge < -0.3 is 5.32 Å². The molecule has 1 atom stereocenters. The first-order valence-corrected chi connectivity index (χ1v) is 8.24. The van der Waals surface area contributed by atoms with Crippen LogP contribution in [0, 0.1) is 5.82 Å². The van der Waals surface area contributed by atoms with Crippen LogP contribution in [0.25, 0.3) is 11.3 Å². The van der Waals surface area contributed by atoms with E-state index in [4.69, 9.17) is 0 Å². The minimum Gasteiger partial charge on any atom is -0.380 e. The molecule has 0 saturated heterocycles. The second-order valence-electron chi connectivity index (χ2n) is 5.95. The maximum Gasteiger partial charge on any atom is 0.155 e. The van der Waals surface area contributed by atoms with Crippen LogP contribution < -0.4 is 5.32 Å². The second kappa shape index (κ2) is 7.73. The lowest BCUT2D eigenvalue weighted by Gasteiger charge is -2.17. The van der Waals surface area contributed by atoms with Crippen LogP contribution in [-0.4, -0.2) is 11.0 Å². The molecule has 0 bridgehead atoms. The molecule has 3 aromatic rings. The number of anilines is 1. The zero-order valence-electron chi connectivity index (χ0n) is 13.7. The predicted molar refractivity (Wildman–Crippen MR) is 97.5 cm³/mol. The van der Waals surface area contributed by atoms with Crippen LogP contribution in [0.1, 0.15) is 18.9 Å². The molecule has 122 valence electrons. The highest BCUT2D eigenvalue weighted by Crippen LogP contribution is 2.26. The average Bonchev–Trinajstić information content (AvgIpc) is 2.63. The SMILES string of the molecule is CC(CCc1ccccc1)Nc1cccc(-c2ccccn2)c1F. The molecule has 0 amide bonds. The van der Waals surface area contributed by atoms with Gasteiger partial charge in [-0.3, -0.25) is 4.98 Å². The van der Waals surface area contributed by atoms with Crippen molar-refractivity contribution in [3.63, 3.8) is 0 Å². The summed E-state index contributed by atoms with van der Waals surface area (Å²) in [7, 11) is 0. The lowest BCUT2D eigenvalue weighted by molar-refractivity contribution is 0.624. The quantitative estimate of drug-likeness (QED) is 0.665. The van der Waals surface area contributed by atoms with Crippen molar-refractivity contribution in [2.75, 3.05) is 5.32 Å². The average molecular weight is 320 g/mol. The lowest BCUT2D eigenvalue weighted by Crippen LogP contribution is -2.17. The number of hydrogen-bond acceptors (Lipinski definition) is 2. The summed E-state index contributed by atoms with van der Waals surface area (Å²) in [6.45, 7) is 2.08. The number of nitrogens with zero attached hydrogens (tertiary/aromatic N) is 1. The Kier molecular flexibility index (Phi) is 5.22. The third-order valence-corrected chi connectivity index (χ3v) is 4.05. The summed E-state index contributed by atoms with van der Waals surface area (Å²) in [5, 5.41) is 3.29. The van der Waals surface area contributed by atoms with Gasteiger partial charge in [-0.25, -0.2) is 4.39 Å². The molecule has 3 rings (SSSR count). The van der Waals surface area contributed by atoms with Gasteiger partial charge in [0.25, 0.3) is 0 Å². The molecule has 24 heavy (non-hydrogen) atoms. The molecule has 1 unspecified atom stereocenters. The van der Waals surface area contributed by atoms with E-state index >= 15 is 0 Å². The van der Waals surface area contributed by atoms with Crippen LogP contribution in [0.2, 0.25) is 0 Å². The van der Waals surface area contributed by atoms with Gasteiger partial charge in [-0.1, -0.05) is 42.5 Å². The van der Waals surface area contributed by atoms with Crippen LogP contribution in [0.3, 0.4) is 0 Å². The van der Waals surface area contributed by atoms with Gasteiger partial charge >= 0.3 is 0 Å². The second-order valence-corrected chi connectivity index (χ2v) is 5.95. The standard InChI is InChI=1S/C21H21FN2/c1-16(13-14-17-8-3-2-4-9-17)24-20-12-7-10-18(21(20)22)19-11-5-6-15-23-19/h2-12,15-16,24H,13-14H2,1H3. The van der Waals surface area contributed by atoms with Crippen LogP contribution in [0.4, 0.5) is 10.1 Å². The van der Waals surface area contributed by atoms with Crippen LogP contribution >= 0.6 is 0 Å². The van der Waals surface area contributed by atoms with Gasteiger partial charge in [0, 0.05) is 17.8 Å². The van der Waals surface area contributed by atoms with E-state index in [9.17, 15) is 4.39 Å². The minimum atomic E-state index is -0.247. The Morgan fingerprint density at radius 3 is 2.50 bits per heavy atom. The molecule has 0 spiro atoms. The maximum atomic E-state index is 14.8. The van der Waals surface area contributed by atoms with Crippen molar-refractivity contribution in [1.82, 2.24) is 4.98 Å². The molecule has 0 saturated carbocycles. The van der Waals surface area contributed by atoms with Gasteiger partial charge in [-0.15, -0.1) is 0 Å². The Hall–Kier alpha value is -2.68. The zero-order chi connectivity index (χ0) is 16.8. The maximum absolute atomic E-state index is 14.8. The third kappa shape index (κ3) is 3.99. The fourth-order valence-corrected chi connectivity index (χ4v) is 2.73. The first-order chi connectivity index (χ1) is 11.7. The number of aryl methyl sites for hydroxylation is 1. The van der Waals surface area contributed by atoms with Crippen molar-refractivity contribution in [3.8, 4) is 11.3 Å². The van der Waals surface area contributed by atoms with Gasteiger partial charge in [0.05, 0.1) is 11.4 Å². The van der Waals surface area contributed by atoms with Gasteiger partial charge in [0.2, 0.25) is 0 Å². The highest BCUT2D eigenvalue weighted by Gasteiger charge is 2.12. The summed E-state index contributed by atoms with van der Waals surface area (Å²) in [5.74, 6) is -0.247. The van der Waals surface area contributed by atoms with Crippen LogP contribution in [0.5, 0.6) is 0 Å². The first kappa shape index (κ1) is 16.2. The van der Waals surface area contributed by atoms with E-state index in [0.29, 0.717) is 16.9 Å². The number of aromatic nitrogens is 1. The summed E-state index contributed by atoms with van der Waals surface area (Å²) in [6, 6.07) is 21.4. The van der Waals surface area contributed by atoms with E-state index < -0.39 is 0 Å². The number of nitrogens with one attached hydrogen (secondary N) is 1. The van der Waals surface area contributed by atoms with Crippen molar-refractivity contribution in [2.45, 2.75) is 25.8 Å². The summed E-state index contributed by atoms with van der Waals surface area (Å²) in [6.07, 6.45) is 3.59. The lowest BCUT2D eigenvalue weighted by atomic mass is 10.1. The van der Waals surface area contributed by atoms with Crippen molar-refractivity contribution >= 4 is 5.69 Å². The highest BCUT2D eigenvalue weighted by atomic mass is 19.1. The molecular formula is C21H21FN2. The van der Waals surface area contributed by atoms with E-state index in [-0.39, 0.29) is 11.9 Å². The fraction of sp³-hybridized carbons (Fsp3) is 0.190. The topological polar surface area (TPSA) is 24.9 Å². The Morgan fingerprint density at radius 1 is 0.958 bits per heavy atom. The zero-order valence-corrected chi connectivity index (χ0v) is 13.7. The molecular weight excluding hydrogens is 299 g/mol. The van der Waals surface area contributed by atoms with E-state index in [1.807, 2.05) is 42.5 Å². The molecule has 0 aliphatic rings.